The van der Waals surface area contributed by atoms with Crippen molar-refractivity contribution in [3.05, 3.63) is 28.0 Å². The van der Waals surface area contributed by atoms with Crippen molar-refractivity contribution in [1.29, 1.82) is 0 Å². The van der Waals surface area contributed by atoms with E-state index in [0.29, 0.717) is 0 Å². The third-order valence-electron chi connectivity index (χ3n) is 2.14. The van der Waals surface area contributed by atoms with Crippen LogP contribution in [0.4, 0.5) is 0 Å². The molecule has 0 aliphatic carbocycles. The highest BCUT2D eigenvalue weighted by Crippen LogP contribution is 2.18. The van der Waals surface area contributed by atoms with Crippen molar-refractivity contribution in [2.45, 2.75) is 12.8 Å². The van der Waals surface area contributed by atoms with Gasteiger partial charge < -0.3 is 5.32 Å². The fourth-order valence-electron chi connectivity index (χ4n) is 1.47. The number of hydrogen-bond acceptors (Lipinski definition) is 2. The minimum atomic E-state index is 0. The van der Waals surface area contributed by atoms with Crippen molar-refractivity contribution in [3.63, 3.8) is 0 Å². The highest BCUT2D eigenvalue weighted by molar-refractivity contribution is 7.10. The fourth-order valence-corrected chi connectivity index (χ4v) is 2.17. The van der Waals surface area contributed by atoms with Gasteiger partial charge in [-0.1, -0.05) is 11.6 Å². The molecule has 0 unspecified atom stereocenters. The van der Waals surface area contributed by atoms with Crippen molar-refractivity contribution in [1.82, 2.24) is 5.32 Å². The predicted octanol–water partition coefficient (Wildman–Crippen LogP) is 2.94. The standard InChI is InChI=1S/C10H13NS.ClH/c1-2-10(12-7-1)8-9-3-5-11-6-4-9;/h1-2,7-8,11H,3-6H2;1H. The van der Waals surface area contributed by atoms with Gasteiger partial charge in [-0.25, -0.2) is 0 Å². The number of piperidine rings is 1. The number of nitrogens with one attached hydrogen (secondary N) is 1. The summed E-state index contributed by atoms with van der Waals surface area (Å²) in [6.07, 6.45) is 4.78. The van der Waals surface area contributed by atoms with E-state index in [1.165, 1.54) is 17.7 Å². The minimum Gasteiger partial charge on any atom is -0.316 e. The number of hydrogen-bond donors (Lipinski definition) is 1. The van der Waals surface area contributed by atoms with Crippen molar-refractivity contribution >= 4 is 29.8 Å². The van der Waals surface area contributed by atoms with E-state index in [9.17, 15) is 0 Å². The molecule has 0 bridgehead atoms. The molecule has 0 spiro atoms. The zero-order valence-corrected chi connectivity index (χ0v) is 9.09. The lowest BCUT2D eigenvalue weighted by atomic mass is 10.1. The van der Waals surface area contributed by atoms with E-state index >= 15 is 0 Å². The summed E-state index contributed by atoms with van der Waals surface area (Å²) >= 11 is 1.82. The van der Waals surface area contributed by atoms with Gasteiger partial charge in [-0.3, -0.25) is 0 Å². The maximum atomic E-state index is 3.36. The Labute approximate surface area is 89.3 Å². The quantitative estimate of drug-likeness (QED) is 0.760. The second kappa shape index (κ2) is 5.43. The van der Waals surface area contributed by atoms with E-state index < -0.39 is 0 Å². The Morgan fingerprint density at radius 2 is 2.08 bits per heavy atom. The molecule has 0 atom stereocenters. The molecule has 1 fully saturated rings. The number of halogens is 1. The third kappa shape index (κ3) is 3.14. The Kier molecular flexibility index (Phi) is 4.50. The van der Waals surface area contributed by atoms with Crippen LogP contribution in [0.5, 0.6) is 0 Å². The monoisotopic (exact) mass is 215 g/mol. The maximum absolute atomic E-state index is 3.36. The van der Waals surface area contributed by atoms with E-state index in [-0.39, 0.29) is 12.4 Å². The molecular weight excluding hydrogens is 202 g/mol. The third-order valence-corrected chi connectivity index (χ3v) is 2.95. The van der Waals surface area contributed by atoms with Gasteiger partial charge >= 0.3 is 0 Å². The van der Waals surface area contributed by atoms with Crippen molar-refractivity contribution in [2.24, 2.45) is 0 Å². The van der Waals surface area contributed by atoms with Crippen LogP contribution >= 0.6 is 23.7 Å². The molecule has 1 N–H and O–H groups in total. The van der Waals surface area contributed by atoms with Gasteiger partial charge in [0.05, 0.1) is 0 Å². The molecule has 0 aromatic carbocycles. The molecule has 1 nitrogen and oxygen atoms in total. The van der Waals surface area contributed by atoms with Crippen LogP contribution in [0.1, 0.15) is 17.7 Å². The van der Waals surface area contributed by atoms with Gasteiger partial charge in [0.1, 0.15) is 0 Å². The molecule has 2 rings (SSSR count). The number of rotatable bonds is 1. The first kappa shape index (κ1) is 10.8. The largest absolute Gasteiger partial charge is 0.316 e. The Balaban J connectivity index is 0.000000845. The lowest BCUT2D eigenvalue weighted by molar-refractivity contribution is 0.613. The van der Waals surface area contributed by atoms with Gasteiger partial charge in [-0.2, -0.15) is 0 Å². The van der Waals surface area contributed by atoms with Crippen LogP contribution in [0.2, 0.25) is 0 Å². The minimum absolute atomic E-state index is 0. The SMILES string of the molecule is C(=C1CCNCC1)c1cccs1.Cl. The second-order valence-corrected chi connectivity index (χ2v) is 4.05. The highest BCUT2D eigenvalue weighted by Gasteiger charge is 2.03. The van der Waals surface area contributed by atoms with Crippen molar-refractivity contribution in [2.75, 3.05) is 13.1 Å². The summed E-state index contributed by atoms with van der Waals surface area (Å²) < 4.78 is 0. The molecule has 72 valence electrons. The molecule has 2 heterocycles. The highest BCUT2D eigenvalue weighted by atomic mass is 35.5. The lowest BCUT2D eigenvalue weighted by Gasteiger charge is -2.14. The lowest BCUT2D eigenvalue weighted by Crippen LogP contribution is -2.22. The molecule has 1 saturated heterocycles. The Morgan fingerprint density at radius 1 is 1.31 bits per heavy atom. The van der Waals surface area contributed by atoms with E-state index in [0.717, 1.165) is 13.1 Å². The van der Waals surface area contributed by atoms with Crippen molar-refractivity contribution < 1.29 is 0 Å². The Morgan fingerprint density at radius 3 is 2.69 bits per heavy atom. The summed E-state index contributed by atoms with van der Waals surface area (Å²) in [6.45, 7) is 2.30. The number of thiophene rings is 1. The van der Waals surface area contributed by atoms with Gasteiger partial charge in [-0.15, -0.1) is 23.7 Å². The van der Waals surface area contributed by atoms with E-state index in [4.69, 9.17) is 0 Å². The van der Waals surface area contributed by atoms with Gasteiger partial charge in [0.25, 0.3) is 0 Å². The average molecular weight is 216 g/mol. The van der Waals surface area contributed by atoms with E-state index in [1.807, 2.05) is 11.3 Å². The smallest absolute Gasteiger partial charge is 0.0269 e. The summed E-state index contributed by atoms with van der Waals surface area (Å²) in [7, 11) is 0. The summed E-state index contributed by atoms with van der Waals surface area (Å²) in [5.74, 6) is 0. The molecule has 1 aliphatic rings. The predicted molar refractivity (Wildman–Crippen MR) is 61.6 cm³/mol. The molecule has 0 radical (unpaired) electrons. The van der Waals surface area contributed by atoms with Gasteiger partial charge in [0.2, 0.25) is 0 Å². The molecule has 3 heteroatoms. The first-order valence-corrected chi connectivity index (χ1v) is 5.27. The zero-order valence-electron chi connectivity index (χ0n) is 7.45. The molecule has 1 aromatic heterocycles. The van der Waals surface area contributed by atoms with Crippen LogP contribution in [0.25, 0.3) is 6.08 Å². The normalized spacial score (nSPS) is 16.5. The molecule has 0 amide bonds. The summed E-state index contributed by atoms with van der Waals surface area (Å²) in [5, 5.41) is 5.49. The first-order chi connectivity index (χ1) is 5.95. The second-order valence-electron chi connectivity index (χ2n) is 3.07. The van der Waals surface area contributed by atoms with Crippen LogP contribution in [-0.4, -0.2) is 13.1 Å². The van der Waals surface area contributed by atoms with Gasteiger partial charge in [0.15, 0.2) is 0 Å². The summed E-state index contributed by atoms with van der Waals surface area (Å²) in [6, 6.07) is 4.29. The Bertz CT molecular complexity index is 258. The van der Waals surface area contributed by atoms with Gasteiger partial charge in [-0.05, 0) is 43.5 Å². The average Bonchev–Trinajstić information content (AvgIpc) is 2.59. The maximum Gasteiger partial charge on any atom is 0.0269 e. The topological polar surface area (TPSA) is 12.0 Å². The Hall–Kier alpha value is -0.310. The zero-order chi connectivity index (χ0) is 8.23. The molecular formula is C10H14ClNS. The summed E-state index contributed by atoms with van der Waals surface area (Å²) in [4.78, 5) is 1.40. The van der Waals surface area contributed by atoms with Crippen LogP contribution < -0.4 is 5.32 Å². The summed E-state index contributed by atoms with van der Waals surface area (Å²) in [5.41, 5.74) is 1.59. The van der Waals surface area contributed by atoms with Crippen LogP contribution in [0.3, 0.4) is 0 Å². The molecule has 1 aliphatic heterocycles. The van der Waals surface area contributed by atoms with Crippen LogP contribution in [0.15, 0.2) is 23.1 Å². The van der Waals surface area contributed by atoms with Crippen LogP contribution in [0, 0.1) is 0 Å². The molecule has 1 aromatic rings. The van der Waals surface area contributed by atoms with Gasteiger partial charge in [0, 0.05) is 4.88 Å². The fraction of sp³-hybridized carbons (Fsp3) is 0.400. The molecule has 13 heavy (non-hydrogen) atoms. The van der Waals surface area contributed by atoms with Crippen LogP contribution in [-0.2, 0) is 0 Å². The van der Waals surface area contributed by atoms with E-state index in [1.54, 1.807) is 5.57 Å². The van der Waals surface area contributed by atoms with Crippen molar-refractivity contribution in [3.8, 4) is 0 Å². The molecule has 0 saturated carbocycles. The first-order valence-electron chi connectivity index (χ1n) is 4.39. The van der Waals surface area contributed by atoms with E-state index in [2.05, 4.69) is 28.9 Å².